The third-order valence-electron chi connectivity index (χ3n) is 7.10. The molecular weight excluding hydrogens is 480 g/mol. The van der Waals surface area contributed by atoms with Crippen molar-refractivity contribution >= 4 is 33.3 Å². The first-order valence-electron chi connectivity index (χ1n) is 12.7. The second kappa shape index (κ2) is 9.12. The highest BCUT2D eigenvalue weighted by Crippen LogP contribution is 2.36. The van der Waals surface area contributed by atoms with Gasteiger partial charge in [0.25, 0.3) is 0 Å². The number of rotatable bonds is 5. The van der Waals surface area contributed by atoms with E-state index in [1.54, 1.807) is 17.5 Å². The number of aromatic amines is 2. The highest BCUT2D eigenvalue weighted by Gasteiger charge is 2.17. The van der Waals surface area contributed by atoms with Gasteiger partial charge in [-0.2, -0.15) is 5.10 Å². The van der Waals surface area contributed by atoms with Crippen LogP contribution in [0.15, 0.2) is 61.2 Å². The van der Waals surface area contributed by atoms with Gasteiger partial charge in [-0.25, -0.2) is 4.98 Å². The number of H-pyrrole nitrogens is 2. The second-order valence-electron chi connectivity index (χ2n) is 9.70. The third kappa shape index (κ3) is 4.17. The van der Waals surface area contributed by atoms with Crippen LogP contribution in [-0.2, 0) is 0 Å². The number of nitrogens with zero attached hydrogens (tertiary/aromatic N) is 4. The van der Waals surface area contributed by atoms with Crippen LogP contribution in [-0.4, -0.2) is 36.2 Å². The lowest BCUT2D eigenvalue weighted by atomic mass is 9.98. The molecule has 1 aliphatic rings. The quantitative estimate of drug-likeness (QED) is 0.256. The van der Waals surface area contributed by atoms with Crippen LogP contribution in [0.5, 0.6) is 5.75 Å². The standard InChI is InChI=1S/C29H26N6OS/c1-17-7-8-26(37-17)28-22-13-25(33-24(22)9-10-31-28)27-23-12-19(15-32-29(23)35-34-27)18-11-21(16-30-14-18)36-20-5-3-2-4-6-20/h7-16,20,33H,2-6H2,1H3,(H,32,34,35). The van der Waals surface area contributed by atoms with Crippen molar-refractivity contribution in [2.75, 3.05) is 0 Å². The molecule has 0 amide bonds. The zero-order valence-electron chi connectivity index (χ0n) is 20.5. The molecule has 0 saturated heterocycles. The summed E-state index contributed by atoms with van der Waals surface area (Å²) in [6.45, 7) is 2.12. The smallest absolute Gasteiger partial charge is 0.181 e. The van der Waals surface area contributed by atoms with E-state index in [0.717, 1.165) is 68.0 Å². The maximum Gasteiger partial charge on any atom is 0.181 e. The fourth-order valence-electron chi connectivity index (χ4n) is 5.23. The van der Waals surface area contributed by atoms with E-state index in [1.165, 1.54) is 24.1 Å². The molecule has 0 spiro atoms. The van der Waals surface area contributed by atoms with Crippen LogP contribution in [0, 0.1) is 6.92 Å². The van der Waals surface area contributed by atoms with E-state index in [1.807, 2.05) is 24.7 Å². The number of hydrogen-bond donors (Lipinski definition) is 2. The van der Waals surface area contributed by atoms with E-state index in [-0.39, 0.29) is 6.10 Å². The van der Waals surface area contributed by atoms with Crippen molar-refractivity contribution in [3.63, 3.8) is 0 Å². The molecule has 6 heterocycles. The predicted octanol–water partition coefficient (Wildman–Crippen LogP) is 7.31. The summed E-state index contributed by atoms with van der Waals surface area (Å²) >= 11 is 1.75. The summed E-state index contributed by atoms with van der Waals surface area (Å²) in [4.78, 5) is 19.8. The van der Waals surface area contributed by atoms with Crippen molar-refractivity contribution in [1.29, 1.82) is 0 Å². The van der Waals surface area contributed by atoms with Gasteiger partial charge in [0.15, 0.2) is 5.65 Å². The third-order valence-corrected chi connectivity index (χ3v) is 8.11. The van der Waals surface area contributed by atoms with Crippen molar-refractivity contribution in [3.8, 4) is 38.8 Å². The van der Waals surface area contributed by atoms with Gasteiger partial charge >= 0.3 is 0 Å². The molecule has 7 nitrogen and oxygen atoms in total. The first-order chi connectivity index (χ1) is 18.2. The molecule has 0 aromatic carbocycles. The Balaban J connectivity index is 1.26. The number of hydrogen-bond acceptors (Lipinski definition) is 6. The summed E-state index contributed by atoms with van der Waals surface area (Å²) in [5.74, 6) is 0.816. The Kier molecular flexibility index (Phi) is 5.47. The summed E-state index contributed by atoms with van der Waals surface area (Å²) < 4.78 is 6.25. The van der Waals surface area contributed by atoms with Gasteiger partial charge in [0.2, 0.25) is 0 Å². The van der Waals surface area contributed by atoms with E-state index in [0.29, 0.717) is 5.65 Å². The van der Waals surface area contributed by atoms with Crippen LogP contribution in [0.4, 0.5) is 0 Å². The maximum atomic E-state index is 6.25. The molecule has 7 rings (SSSR count). The lowest BCUT2D eigenvalue weighted by Crippen LogP contribution is -2.19. The lowest BCUT2D eigenvalue weighted by Gasteiger charge is -2.23. The average Bonchev–Trinajstić information content (AvgIpc) is 3.66. The SMILES string of the molecule is Cc1ccc(-c2nccc3[nH]c(-c4[nH]nc5ncc(-c6cncc(OC7CCCCC7)c6)cc45)cc23)s1. The van der Waals surface area contributed by atoms with Gasteiger partial charge in [-0.15, -0.1) is 11.3 Å². The number of aromatic nitrogens is 6. The Bertz CT molecular complexity index is 1730. The van der Waals surface area contributed by atoms with E-state index in [9.17, 15) is 0 Å². The first-order valence-corrected chi connectivity index (χ1v) is 13.5. The molecule has 6 aromatic rings. The monoisotopic (exact) mass is 506 g/mol. The van der Waals surface area contributed by atoms with E-state index >= 15 is 0 Å². The maximum absolute atomic E-state index is 6.25. The Morgan fingerprint density at radius 2 is 1.81 bits per heavy atom. The van der Waals surface area contributed by atoms with Crippen molar-refractivity contribution in [2.24, 2.45) is 0 Å². The topological polar surface area (TPSA) is 92.4 Å². The molecule has 37 heavy (non-hydrogen) atoms. The molecule has 0 unspecified atom stereocenters. The van der Waals surface area contributed by atoms with Gasteiger partial charge in [-0.05, 0) is 69.0 Å². The molecule has 0 bridgehead atoms. The van der Waals surface area contributed by atoms with Crippen LogP contribution in [0.2, 0.25) is 0 Å². The number of nitrogens with one attached hydrogen (secondary N) is 2. The molecule has 1 aliphatic carbocycles. The van der Waals surface area contributed by atoms with E-state index < -0.39 is 0 Å². The van der Waals surface area contributed by atoms with Crippen molar-refractivity contribution < 1.29 is 4.74 Å². The summed E-state index contributed by atoms with van der Waals surface area (Å²) in [6, 6.07) is 12.6. The van der Waals surface area contributed by atoms with Crippen LogP contribution in [0.25, 0.3) is 55.0 Å². The van der Waals surface area contributed by atoms with Crippen LogP contribution < -0.4 is 4.74 Å². The normalized spacial score (nSPS) is 14.5. The Hall–Kier alpha value is -4.04. The minimum Gasteiger partial charge on any atom is -0.489 e. The zero-order chi connectivity index (χ0) is 24.8. The van der Waals surface area contributed by atoms with Crippen LogP contribution in [0.3, 0.4) is 0 Å². The fourth-order valence-corrected chi connectivity index (χ4v) is 6.10. The molecule has 184 valence electrons. The number of ether oxygens (including phenoxy) is 1. The second-order valence-corrected chi connectivity index (χ2v) is 11.0. The largest absolute Gasteiger partial charge is 0.489 e. The number of aryl methyl sites for hydroxylation is 1. The minimum absolute atomic E-state index is 0.284. The number of pyridine rings is 3. The molecule has 6 aromatic heterocycles. The van der Waals surface area contributed by atoms with Gasteiger partial charge in [0.1, 0.15) is 5.75 Å². The predicted molar refractivity (Wildman–Crippen MR) is 148 cm³/mol. The summed E-state index contributed by atoms with van der Waals surface area (Å²) in [7, 11) is 0. The van der Waals surface area contributed by atoms with E-state index in [2.05, 4.69) is 67.4 Å². The molecule has 0 radical (unpaired) electrons. The van der Waals surface area contributed by atoms with Gasteiger partial charge < -0.3 is 9.72 Å². The first kappa shape index (κ1) is 22.2. The minimum atomic E-state index is 0.284. The van der Waals surface area contributed by atoms with E-state index in [4.69, 9.17) is 4.74 Å². The average molecular weight is 507 g/mol. The molecule has 1 fully saturated rings. The van der Waals surface area contributed by atoms with Gasteiger partial charge in [0, 0.05) is 50.9 Å². The van der Waals surface area contributed by atoms with Crippen molar-refractivity contribution in [1.82, 2.24) is 30.1 Å². The van der Waals surface area contributed by atoms with Crippen LogP contribution in [0.1, 0.15) is 37.0 Å². The summed E-state index contributed by atoms with van der Waals surface area (Å²) in [6.07, 6.45) is 13.7. The Morgan fingerprint density at radius 1 is 0.919 bits per heavy atom. The number of fused-ring (bicyclic) bond motifs is 2. The summed E-state index contributed by atoms with van der Waals surface area (Å²) in [5.41, 5.74) is 6.50. The van der Waals surface area contributed by atoms with Gasteiger partial charge in [-0.3, -0.25) is 15.1 Å². The molecule has 0 atom stereocenters. The van der Waals surface area contributed by atoms with Crippen molar-refractivity contribution in [3.05, 3.63) is 66.1 Å². The Morgan fingerprint density at radius 3 is 2.68 bits per heavy atom. The van der Waals surface area contributed by atoms with Crippen LogP contribution >= 0.6 is 11.3 Å². The Labute approximate surface area is 218 Å². The molecule has 8 heteroatoms. The lowest BCUT2D eigenvalue weighted by molar-refractivity contribution is 0.154. The zero-order valence-corrected chi connectivity index (χ0v) is 21.3. The van der Waals surface area contributed by atoms with Gasteiger partial charge in [-0.1, -0.05) is 6.42 Å². The number of thiophene rings is 1. The highest BCUT2D eigenvalue weighted by atomic mass is 32.1. The summed E-state index contributed by atoms with van der Waals surface area (Å²) in [5, 5.41) is 9.70. The molecule has 0 aliphatic heterocycles. The fraction of sp³-hybridized carbons (Fsp3) is 0.241. The van der Waals surface area contributed by atoms with Gasteiger partial charge in [0.05, 0.1) is 34.3 Å². The van der Waals surface area contributed by atoms with Crippen molar-refractivity contribution in [2.45, 2.75) is 45.1 Å². The highest BCUT2D eigenvalue weighted by molar-refractivity contribution is 7.15. The molecule has 2 N–H and O–H groups in total. The molecule has 1 saturated carbocycles. The molecular formula is C29H26N6OS.